The first kappa shape index (κ1) is 11.1. The van der Waals surface area contributed by atoms with Gasteiger partial charge in [-0.15, -0.1) is 0 Å². The van der Waals surface area contributed by atoms with Crippen molar-refractivity contribution in [2.75, 3.05) is 31.1 Å². The lowest BCUT2D eigenvalue weighted by Crippen LogP contribution is -2.43. The molecule has 0 aromatic carbocycles. The molecule has 0 unspecified atom stereocenters. The second kappa shape index (κ2) is 5.10. The minimum absolute atomic E-state index is 0.945. The molecule has 5 heteroatoms. The van der Waals surface area contributed by atoms with E-state index in [0.29, 0.717) is 0 Å². The largest absolute Gasteiger partial charge is 0.354 e. The molecule has 0 saturated carbocycles. The summed E-state index contributed by atoms with van der Waals surface area (Å²) in [5, 5.41) is 3.34. The molecular weight excluding hydrogens is 226 g/mol. The van der Waals surface area contributed by atoms with E-state index in [0.717, 1.165) is 43.3 Å². The first-order chi connectivity index (χ1) is 8.93. The van der Waals surface area contributed by atoms with Gasteiger partial charge in [0.15, 0.2) is 0 Å². The van der Waals surface area contributed by atoms with Crippen LogP contribution >= 0.6 is 0 Å². The Kier molecular flexibility index (Phi) is 3.14. The fourth-order valence-corrected chi connectivity index (χ4v) is 2.09. The zero-order chi connectivity index (χ0) is 12.2. The van der Waals surface area contributed by atoms with Crippen molar-refractivity contribution in [1.29, 1.82) is 0 Å². The van der Waals surface area contributed by atoms with Crippen LogP contribution in [0.2, 0.25) is 0 Å². The lowest BCUT2D eigenvalue weighted by atomic mass is 10.2. The highest BCUT2D eigenvalue weighted by atomic mass is 15.2. The fraction of sp³-hybridized carbons (Fsp3) is 0.308. The first-order valence-electron chi connectivity index (χ1n) is 6.11. The van der Waals surface area contributed by atoms with E-state index in [9.17, 15) is 0 Å². The van der Waals surface area contributed by atoms with Crippen molar-refractivity contribution in [1.82, 2.24) is 20.3 Å². The van der Waals surface area contributed by atoms with Crippen LogP contribution in [0.5, 0.6) is 0 Å². The van der Waals surface area contributed by atoms with Crippen LogP contribution in [0.25, 0.3) is 11.3 Å². The highest BCUT2D eigenvalue weighted by Gasteiger charge is 2.12. The highest BCUT2D eigenvalue weighted by molar-refractivity contribution is 5.61. The van der Waals surface area contributed by atoms with Crippen LogP contribution < -0.4 is 10.2 Å². The number of aromatic nitrogens is 3. The summed E-state index contributed by atoms with van der Waals surface area (Å²) in [6.45, 7) is 4.00. The van der Waals surface area contributed by atoms with Gasteiger partial charge in [0, 0.05) is 50.2 Å². The molecule has 5 nitrogen and oxygen atoms in total. The van der Waals surface area contributed by atoms with Gasteiger partial charge in [0.1, 0.15) is 12.1 Å². The molecule has 0 atom stereocenters. The summed E-state index contributed by atoms with van der Waals surface area (Å²) in [4.78, 5) is 15.0. The van der Waals surface area contributed by atoms with Gasteiger partial charge in [-0.1, -0.05) is 0 Å². The van der Waals surface area contributed by atoms with Gasteiger partial charge in [-0.2, -0.15) is 0 Å². The molecule has 0 amide bonds. The minimum Gasteiger partial charge on any atom is -0.354 e. The molecular formula is C13H15N5. The second-order valence-corrected chi connectivity index (χ2v) is 4.23. The molecule has 0 radical (unpaired) electrons. The van der Waals surface area contributed by atoms with Gasteiger partial charge in [0.05, 0.1) is 5.69 Å². The third-order valence-corrected chi connectivity index (χ3v) is 3.07. The summed E-state index contributed by atoms with van der Waals surface area (Å²) in [5.41, 5.74) is 2.02. The summed E-state index contributed by atoms with van der Waals surface area (Å²) in [7, 11) is 0. The molecule has 1 N–H and O–H groups in total. The Morgan fingerprint density at radius 1 is 1.06 bits per heavy atom. The Hall–Kier alpha value is -2.01. The molecule has 92 valence electrons. The van der Waals surface area contributed by atoms with E-state index >= 15 is 0 Å². The van der Waals surface area contributed by atoms with E-state index in [1.54, 1.807) is 18.7 Å². The van der Waals surface area contributed by atoms with Crippen molar-refractivity contribution < 1.29 is 0 Å². The number of piperazine rings is 1. The molecule has 0 spiro atoms. The van der Waals surface area contributed by atoms with E-state index in [2.05, 4.69) is 25.2 Å². The Labute approximate surface area is 106 Å². The number of pyridine rings is 1. The number of rotatable bonds is 2. The van der Waals surface area contributed by atoms with E-state index in [4.69, 9.17) is 0 Å². The Bertz CT molecular complexity index is 508. The van der Waals surface area contributed by atoms with Crippen molar-refractivity contribution in [2.24, 2.45) is 0 Å². The molecule has 1 fully saturated rings. The van der Waals surface area contributed by atoms with Crippen molar-refractivity contribution in [3.8, 4) is 11.3 Å². The summed E-state index contributed by atoms with van der Waals surface area (Å²) in [6.07, 6.45) is 5.19. The van der Waals surface area contributed by atoms with Crippen LogP contribution in [0.15, 0.2) is 36.9 Å². The van der Waals surface area contributed by atoms with Gasteiger partial charge in [0.2, 0.25) is 0 Å². The third-order valence-electron chi connectivity index (χ3n) is 3.07. The maximum atomic E-state index is 4.36. The van der Waals surface area contributed by atoms with E-state index < -0.39 is 0 Å². The molecule has 3 rings (SSSR count). The van der Waals surface area contributed by atoms with Crippen LogP contribution in [0.3, 0.4) is 0 Å². The first-order valence-corrected chi connectivity index (χ1v) is 6.11. The predicted molar refractivity (Wildman–Crippen MR) is 70.3 cm³/mol. The monoisotopic (exact) mass is 241 g/mol. The van der Waals surface area contributed by atoms with Crippen molar-refractivity contribution in [2.45, 2.75) is 0 Å². The Balaban J connectivity index is 1.89. The summed E-state index contributed by atoms with van der Waals surface area (Å²) in [5.74, 6) is 0.998. The van der Waals surface area contributed by atoms with Gasteiger partial charge in [-0.25, -0.2) is 9.97 Å². The molecule has 18 heavy (non-hydrogen) atoms. The van der Waals surface area contributed by atoms with Gasteiger partial charge in [-0.3, -0.25) is 4.98 Å². The van der Waals surface area contributed by atoms with Crippen molar-refractivity contribution in [3.05, 3.63) is 36.9 Å². The molecule has 2 aromatic heterocycles. The molecule has 0 aliphatic carbocycles. The maximum absolute atomic E-state index is 4.36. The topological polar surface area (TPSA) is 53.9 Å². The number of nitrogens with one attached hydrogen (secondary N) is 1. The Morgan fingerprint density at radius 3 is 2.61 bits per heavy atom. The smallest absolute Gasteiger partial charge is 0.132 e. The van der Waals surface area contributed by atoms with E-state index in [-0.39, 0.29) is 0 Å². The second-order valence-electron chi connectivity index (χ2n) is 4.23. The van der Waals surface area contributed by atoms with Gasteiger partial charge < -0.3 is 10.2 Å². The summed E-state index contributed by atoms with van der Waals surface area (Å²) >= 11 is 0. The fourth-order valence-electron chi connectivity index (χ4n) is 2.09. The average Bonchev–Trinajstić information content (AvgIpc) is 2.49. The zero-order valence-electron chi connectivity index (χ0n) is 10.1. The van der Waals surface area contributed by atoms with Crippen LogP contribution in [0.4, 0.5) is 5.82 Å². The van der Waals surface area contributed by atoms with Crippen LogP contribution in [-0.4, -0.2) is 41.1 Å². The molecule has 0 bridgehead atoms. The molecule has 3 heterocycles. The zero-order valence-corrected chi connectivity index (χ0v) is 10.1. The van der Waals surface area contributed by atoms with Gasteiger partial charge in [-0.05, 0) is 12.1 Å². The molecule has 1 saturated heterocycles. The highest BCUT2D eigenvalue weighted by Crippen LogP contribution is 2.19. The minimum atomic E-state index is 0.945. The summed E-state index contributed by atoms with van der Waals surface area (Å²) in [6, 6.07) is 5.97. The Morgan fingerprint density at radius 2 is 1.83 bits per heavy atom. The van der Waals surface area contributed by atoms with Crippen molar-refractivity contribution >= 4 is 5.82 Å². The van der Waals surface area contributed by atoms with Gasteiger partial charge in [0.25, 0.3) is 0 Å². The number of hydrogen-bond donors (Lipinski definition) is 1. The number of nitrogens with zero attached hydrogens (tertiary/aromatic N) is 4. The number of anilines is 1. The molecule has 2 aromatic rings. The van der Waals surface area contributed by atoms with Crippen molar-refractivity contribution in [3.63, 3.8) is 0 Å². The van der Waals surface area contributed by atoms with Crippen LogP contribution in [-0.2, 0) is 0 Å². The average molecular weight is 241 g/mol. The quantitative estimate of drug-likeness (QED) is 0.848. The predicted octanol–water partition coefficient (Wildman–Crippen LogP) is 0.948. The standard InChI is InChI=1S/C13H15N5/c1-3-14-4-2-11(1)12-9-13(17-10-16-12)18-7-5-15-6-8-18/h1-4,9-10,15H,5-8H2. The SMILES string of the molecule is c1cc(-c2cc(N3CCNCC3)ncn2)ccn1. The number of hydrogen-bond acceptors (Lipinski definition) is 5. The third kappa shape index (κ3) is 2.31. The normalized spacial score (nSPS) is 15.7. The lowest BCUT2D eigenvalue weighted by Gasteiger charge is -2.28. The van der Waals surface area contributed by atoms with Gasteiger partial charge >= 0.3 is 0 Å². The maximum Gasteiger partial charge on any atom is 0.132 e. The van der Waals surface area contributed by atoms with E-state index in [1.165, 1.54) is 0 Å². The van der Waals surface area contributed by atoms with E-state index in [1.807, 2.05) is 18.2 Å². The van der Waals surface area contributed by atoms with Crippen LogP contribution in [0.1, 0.15) is 0 Å². The lowest BCUT2D eigenvalue weighted by molar-refractivity contribution is 0.584. The molecule has 1 aliphatic heterocycles. The van der Waals surface area contributed by atoms with Crippen LogP contribution in [0, 0.1) is 0 Å². The summed E-state index contributed by atoms with van der Waals surface area (Å²) < 4.78 is 0. The molecule has 1 aliphatic rings.